The minimum absolute atomic E-state index is 0.264. The molecule has 0 atom stereocenters. The lowest BCUT2D eigenvalue weighted by atomic mass is 10.3. The van der Waals surface area contributed by atoms with Gasteiger partial charge in [0, 0.05) is 11.4 Å². The fraction of sp³-hybridized carbons (Fsp3) is 0.231. The van der Waals surface area contributed by atoms with Gasteiger partial charge in [0.25, 0.3) is 10.0 Å². The molecule has 2 N–H and O–H groups in total. The summed E-state index contributed by atoms with van der Waals surface area (Å²) < 4.78 is 32.4. The van der Waals surface area contributed by atoms with Gasteiger partial charge in [0.15, 0.2) is 0 Å². The first-order chi connectivity index (χ1) is 9.96. The van der Waals surface area contributed by atoms with Crippen molar-refractivity contribution < 1.29 is 13.2 Å². The van der Waals surface area contributed by atoms with Crippen LogP contribution in [-0.4, -0.2) is 22.6 Å². The van der Waals surface area contributed by atoms with Gasteiger partial charge < -0.3 is 10.1 Å². The van der Waals surface area contributed by atoms with Crippen LogP contribution in [0.3, 0.4) is 0 Å². The molecule has 2 rings (SSSR count). The van der Waals surface area contributed by atoms with Gasteiger partial charge in [0.2, 0.25) is 0 Å². The lowest BCUT2D eigenvalue weighted by molar-refractivity contribution is 0.415. The highest BCUT2D eigenvalue weighted by atomic mass is 35.5. The summed E-state index contributed by atoms with van der Waals surface area (Å²) in [5.74, 6) is 0.493. The van der Waals surface area contributed by atoms with Gasteiger partial charge in [0.1, 0.15) is 9.96 Å². The topological polar surface area (TPSA) is 67.4 Å². The van der Waals surface area contributed by atoms with E-state index in [1.807, 2.05) is 7.05 Å². The second-order valence-electron chi connectivity index (χ2n) is 4.21. The van der Waals surface area contributed by atoms with Gasteiger partial charge in [-0.2, -0.15) is 0 Å². The minimum atomic E-state index is -3.61. The number of ether oxygens (including phenoxy) is 1. The Bertz CT molecular complexity index is 729. The molecule has 0 amide bonds. The quantitative estimate of drug-likeness (QED) is 0.844. The maximum Gasteiger partial charge on any atom is 0.271 e. The van der Waals surface area contributed by atoms with E-state index >= 15 is 0 Å². The second kappa shape index (κ2) is 6.65. The van der Waals surface area contributed by atoms with E-state index in [1.165, 1.54) is 24.5 Å². The molecule has 0 aliphatic heterocycles. The van der Waals surface area contributed by atoms with Crippen molar-refractivity contribution in [2.45, 2.75) is 10.8 Å². The molecule has 0 saturated carbocycles. The highest BCUT2D eigenvalue weighted by Crippen LogP contribution is 2.29. The number of hydrogen-bond acceptors (Lipinski definition) is 5. The molecule has 1 aromatic heterocycles. The zero-order valence-corrected chi connectivity index (χ0v) is 13.9. The van der Waals surface area contributed by atoms with Crippen LogP contribution >= 0.6 is 22.9 Å². The van der Waals surface area contributed by atoms with E-state index in [4.69, 9.17) is 16.3 Å². The first-order valence-corrected chi connectivity index (χ1v) is 8.73. The lowest BCUT2D eigenvalue weighted by Crippen LogP contribution is -2.11. The summed E-state index contributed by atoms with van der Waals surface area (Å²) in [4.78, 5) is 0.950. The van der Waals surface area contributed by atoms with Crippen LogP contribution in [0.1, 0.15) is 4.88 Å². The predicted molar refractivity (Wildman–Crippen MR) is 85.9 cm³/mol. The number of rotatable bonds is 6. The third-order valence-electron chi connectivity index (χ3n) is 2.66. The number of sulfonamides is 1. The number of thiophene rings is 1. The summed E-state index contributed by atoms with van der Waals surface area (Å²) in [6.07, 6.45) is 0. The number of benzene rings is 1. The van der Waals surface area contributed by atoms with Crippen LogP contribution in [0.15, 0.2) is 34.5 Å². The number of methoxy groups -OCH3 is 1. The first kappa shape index (κ1) is 16.1. The monoisotopic (exact) mass is 346 g/mol. The molecule has 0 bridgehead atoms. The summed E-state index contributed by atoms with van der Waals surface area (Å²) in [5.41, 5.74) is 0.393. The van der Waals surface area contributed by atoms with Gasteiger partial charge in [-0.25, -0.2) is 8.42 Å². The Hall–Kier alpha value is -1.28. The average Bonchev–Trinajstić information content (AvgIpc) is 2.88. The molecule has 0 spiro atoms. The van der Waals surface area contributed by atoms with Gasteiger partial charge in [-0.05, 0) is 37.4 Å². The van der Waals surface area contributed by atoms with Crippen LogP contribution in [-0.2, 0) is 16.6 Å². The van der Waals surface area contributed by atoms with Gasteiger partial charge in [-0.3, -0.25) is 4.72 Å². The third-order valence-corrected chi connectivity index (χ3v) is 5.91. The zero-order chi connectivity index (χ0) is 15.5. The Labute approximate surface area is 133 Å². The minimum Gasteiger partial charge on any atom is -0.495 e. The first-order valence-electron chi connectivity index (χ1n) is 6.06. The molecular formula is C13H15ClN2O3S2. The van der Waals surface area contributed by atoms with Crippen LogP contribution in [0.25, 0.3) is 0 Å². The molecular weight excluding hydrogens is 332 g/mol. The molecule has 0 fully saturated rings. The van der Waals surface area contributed by atoms with Gasteiger partial charge >= 0.3 is 0 Å². The van der Waals surface area contributed by atoms with Crippen LogP contribution in [0, 0.1) is 0 Å². The molecule has 1 aromatic carbocycles. The van der Waals surface area contributed by atoms with Crippen LogP contribution in [0.2, 0.25) is 5.02 Å². The molecule has 1 heterocycles. The van der Waals surface area contributed by atoms with Crippen molar-refractivity contribution >= 4 is 38.6 Å². The molecule has 5 nitrogen and oxygen atoms in total. The van der Waals surface area contributed by atoms with E-state index in [9.17, 15) is 8.42 Å². The van der Waals surface area contributed by atoms with Crippen molar-refractivity contribution in [2.24, 2.45) is 0 Å². The largest absolute Gasteiger partial charge is 0.495 e. The van der Waals surface area contributed by atoms with Crippen LogP contribution in [0.4, 0.5) is 5.69 Å². The van der Waals surface area contributed by atoms with Gasteiger partial charge in [-0.15, -0.1) is 11.3 Å². The van der Waals surface area contributed by atoms with Crippen LogP contribution < -0.4 is 14.8 Å². The van der Waals surface area contributed by atoms with E-state index in [1.54, 1.807) is 24.3 Å². The summed E-state index contributed by atoms with van der Waals surface area (Å²) in [7, 11) is -0.295. The van der Waals surface area contributed by atoms with Crippen molar-refractivity contribution in [3.63, 3.8) is 0 Å². The Kier molecular flexibility index (Phi) is 5.10. The number of hydrogen-bond donors (Lipinski definition) is 2. The normalized spacial score (nSPS) is 11.4. The summed E-state index contributed by atoms with van der Waals surface area (Å²) in [5, 5.41) is 3.33. The molecule has 8 heteroatoms. The van der Waals surface area contributed by atoms with Crippen molar-refractivity contribution in [1.82, 2.24) is 5.32 Å². The summed E-state index contributed by atoms with van der Waals surface area (Å²) >= 11 is 7.21. The fourth-order valence-corrected chi connectivity index (χ4v) is 4.38. The number of nitrogens with one attached hydrogen (secondary N) is 2. The molecule has 0 saturated heterocycles. The predicted octanol–water partition coefficient (Wildman–Crippen LogP) is 2.93. The molecule has 0 aliphatic rings. The summed E-state index contributed by atoms with van der Waals surface area (Å²) in [6.45, 7) is 0.633. The van der Waals surface area contributed by atoms with Gasteiger partial charge in [0.05, 0.1) is 17.8 Å². The highest BCUT2D eigenvalue weighted by Gasteiger charge is 2.17. The molecule has 114 valence electrons. The van der Waals surface area contributed by atoms with E-state index in [0.717, 1.165) is 4.88 Å². The average molecular weight is 347 g/mol. The SMILES string of the molecule is CNCc1ccc(S(=O)(=O)Nc2ccc(OC)c(Cl)c2)s1. The van der Waals surface area contributed by atoms with Crippen molar-refractivity contribution in [2.75, 3.05) is 18.9 Å². The smallest absolute Gasteiger partial charge is 0.271 e. The Morgan fingerprint density at radius 1 is 1.29 bits per heavy atom. The van der Waals surface area contributed by atoms with Gasteiger partial charge in [-0.1, -0.05) is 11.6 Å². The second-order valence-corrected chi connectivity index (χ2v) is 7.69. The molecule has 0 aliphatic carbocycles. The lowest BCUT2D eigenvalue weighted by Gasteiger charge is -2.08. The standard InChI is InChI=1S/C13H15ClN2O3S2/c1-15-8-10-4-6-13(20-10)21(17,18)16-9-3-5-12(19-2)11(14)7-9/h3-7,15-16H,8H2,1-2H3. The van der Waals surface area contributed by atoms with E-state index in [-0.39, 0.29) is 4.21 Å². The third kappa shape index (κ3) is 3.88. The molecule has 21 heavy (non-hydrogen) atoms. The van der Waals surface area contributed by atoms with E-state index in [2.05, 4.69) is 10.0 Å². The highest BCUT2D eigenvalue weighted by molar-refractivity contribution is 7.94. The van der Waals surface area contributed by atoms with Crippen LogP contribution in [0.5, 0.6) is 5.75 Å². The van der Waals surface area contributed by atoms with Crippen molar-refractivity contribution in [3.05, 3.63) is 40.2 Å². The Morgan fingerprint density at radius 2 is 2.05 bits per heavy atom. The summed E-state index contributed by atoms with van der Waals surface area (Å²) in [6, 6.07) is 8.10. The maximum absolute atomic E-state index is 12.3. The molecule has 2 aromatic rings. The molecule has 0 radical (unpaired) electrons. The number of anilines is 1. The van der Waals surface area contributed by atoms with E-state index < -0.39 is 10.0 Å². The van der Waals surface area contributed by atoms with Crippen molar-refractivity contribution in [3.8, 4) is 5.75 Å². The maximum atomic E-state index is 12.3. The fourth-order valence-electron chi connectivity index (χ4n) is 1.71. The zero-order valence-electron chi connectivity index (χ0n) is 11.5. The number of halogens is 1. The Morgan fingerprint density at radius 3 is 2.67 bits per heavy atom. The van der Waals surface area contributed by atoms with E-state index in [0.29, 0.717) is 23.0 Å². The van der Waals surface area contributed by atoms with Crippen molar-refractivity contribution in [1.29, 1.82) is 0 Å². The molecule has 0 unspecified atom stereocenters. The Balaban J connectivity index is 2.22.